The molecular weight excluding hydrogens is 371 g/mol. The molecule has 1 heterocycles. The van der Waals surface area contributed by atoms with Crippen LogP contribution in [0.2, 0.25) is 0 Å². The molecule has 1 amide bonds. The van der Waals surface area contributed by atoms with Crippen LogP contribution in [-0.4, -0.2) is 46.0 Å². The first kappa shape index (κ1) is 19.3. The summed E-state index contributed by atoms with van der Waals surface area (Å²) >= 11 is 0. The molecular formula is C19H17FN2O6. The highest BCUT2D eigenvalue weighted by atomic mass is 19.1. The second-order valence-corrected chi connectivity index (χ2v) is 6.39. The van der Waals surface area contributed by atoms with Crippen LogP contribution in [0.3, 0.4) is 0 Å². The summed E-state index contributed by atoms with van der Waals surface area (Å²) in [5.41, 5.74) is -0.797. The molecule has 0 aliphatic carbocycles. The van der Waals surface area contributed by atoms with E-state index >= 15 is 0 Å². The Bertz CT molecular complexity index is 875. The molecule has 1 N–H and O–H groups in total. The maximum atomic E-state index is 12.9. The Labute approximate surface area is 159 Å². The number of carboxylic acid groups (broad SMARTS) is 1. The number of likely N-dealkylation sites (tertiary alicyclic amines) is 1. The van der Waals surface area contributed by atoms with Gasteiger partial charge < -0.3 is 14.7 Å². The minimum atomic E-state index is -1.34. The van der Waals surface area contributed by atoms with Crippen molar-refractivity contribution in [2.24, 2.45) is 0 Å². The molecule has 1 aliphatic heterocycles. The molecule has 0 unspecified atom stereocenters. The van der Waals surface area contributed by atoms with Crippen LogP contribution in [0.5, 0.6) is 5.75 Å². The molecule has 146 valence electrons. The van der Waals surface area contributed by atoms with E-state index in [4.69, 9.17) is 9.84 Å². The van der Waals surface area contributed by atoms with E-state index in [1.54, 1.807) is 0 Å². The van der Waals surface area contributed by atoms with Crippen LogP contribution in [0.15, 0.2) is 42.5 Å². The quantitative estimate of drug-likeness (QED) is 0.622. The van der Waals surface area contributed by atoms with Gasteiger partial charge in [-0.05, 0) is 30.3 Å². The maximum absolute atomic E-state index is 12.9. The minimum Gasteiger partial charge on any atom is -0.490 e. The third-order valence-corrected chi connectivity index (χ3v) is 4.47. The van der Waals surface area contributed by atoms with Crippen molar-refractivity contribution in [1.82, 2.24) is 4.90 Å². The lowest BCUT2D eigenvalue weighted by Gasteiger charge is -2.32. The molecule has 0 atom stereocenters. The van der Waals surface area contributed by atoms with Gasteiger partial charge in [0.1, 0.15) is 17.7 Å². The second-order valence-electron chi connectivity index (χ2n) is 6.39. The number of nitro benzene ring substituents is 1. The average molecular weight is 388 g/mol. The van der Waals surface area contributed by atoms with Crippen molar-refractivity contribution < 1.29 is 28.7 Å². The number of halogens is 1. The van der Waals surface area contributed by atoms with Gasteiger partial charge in [-0.1, -0.05) is 0 Å². The monoisotopic (exact) mass is 388 g/mol. The van der Waals surface area contributed by atoms with Gasteiger partial charge in [0.25, 0.3) is 11.6 Å². The van der Waals surface area contributed by atoms with E-state index < -0.39 is 22.5 Å². The fraction of sp³-hybridized carbons (Fsp3) is 0.263. The van der Waals surface area contributed by atoms with Crippen molar-refractivity contribution in [2.45, 2.75) is 18.9 Å². The van der Waals surface area contributed by atoms with Crippen molar-refractivity contribution in [3.8, 4) is 5.75 Å². The van der Waals surface area contributed by atoms with Crippen LogP contribution in [0.1, 0.15) is 33.6 Å². The molecule has 0 bridgehead atoms. The fourth-order valence-corrected chi connectivity index (χ4v) is 3.03. The van der Waals surface area contributed by atoms with E-state index in [0.29, 0.717) is 31.7 Å². The van der Waals surface area contributed by atoms with E-state index in [1.165, 1.54) is 29.2 Å². The number of amides is 1. The van der Waals surface area contributed by atoms with Crippen molar-refractivity contribution >= 4 is 17.6 Å². The SMILES string of the molecule is O=C(O)c1cc(C(=O)N2CCC(Oc3ccc(F)cc3)CC2)cc([N+](=O)[O-])c1. The maximum Gasteiger partial charge on any atom is 0.335 e. The van der Waals surface area contributed by atoms with Gasteiger partial charge in [-0.15, -0.1) is 0 Å². The second kappa shape index (κ2) is 8.03. The zero-order valence-electron chi connectivity index (χ0n) is 14.7. The molecule has 0 aromatic heterocycles. The summed E-state index contributed by atoms with van der Waals surface area (Å²) < 4.78 is 18.7. The topological polar surface area (TPSA) is 110 Å². The van der Waals surface area contributed by atoms with Crippen molar-refractivity contribution in [3.63, 3.8) is 0 Å². The zero-order valence-corrected chi connectivity index (χ0v) is 14.7. The zero-order chi connectivity index (χ0) is 20.3. The number of aromatic carboxylic acids is 1. The Balaban J connectivity index is 1.67. The van der Waals surface area contributed by atoms with Gasteiger partial charge in [0.2, 0.25) is 0 Å². The van der Waals surface area contributed by atoms with E-state index in [9.17, 15) is 24.1 Å². The number of nitrogens with zero attached hydrogens (tertiary/aromatic N) is 2. The molecule has 0 spiro atoms. The average Bonchev–Trinajstić information content (AvgIpc) is 2.69. The van der Waals surface area contributed by atoms with E-state index in [-0.39, 0.29) is 23.0 Å². The lowest BCUT2D eigenvalue weighted by Crippen LogP contribution is -2.41. The number of non-ortho nitro benzene ring substituents is 1. The Morgan fingerprint density at radius 2 is 1.71 bits per heavy atom. The molecule has 28 heavy (non-hydrogen) atoms. The number of hydrogen-bond donors (Lipinski definition) is 1. The molecule has 1 fully saturated rings. The molecule has 3 rings (SSSR count). The summed E-state index contributed by atoms with van der Waals surface area (Å²) in [6.45, 7) is 0.714. The summed E-state index contributed by atoms with van der Waals surface area (Å²) in [7, 11) is 0. The van der Waals surface area contributed by atoms with Gasteiger partial charge in [0.15, 0.2) is 0 Å². The third kappa shape index (κ3) is 4.43. The van der Waals surface area contributed by atoms with Crippen LogP contribution in [0.25, 0.3) is 0 Å². The molecule has 1 saturated heterocycles. The summed E-state index contributed by atoms with van der Waals surface area (Å²) in [6, 6.07) is 8.80. The first-order valence-electron chi connectivity index (χ1n) is 8.58. The fourth-order valence-electron chi connectivity index (χ4n) is 3.03. The molecule has 2 aromatic carbocycles. The van der Waals surface area contributed by atoms with Gasteiger partial charge >= 0.3 is 5.97 Å². The Morgan fingerprint density at radius 1 is 1.11 bits per heavy atom. The lowest BCUT2D eigenvalue weighted by molar-refractivity contribution is -0.384. The van der Waals surface area contributed by atoms with E-state index in [2.05, 4.69) is 0 Å². The third-order valence-electron chi connectivity index (χ3n) is 4.47. The highest BCUT2D eigenvalue weighted by Gasteiger charge is 2.26. The highest BCUT2D eigenvalue weighted by Crippen LogP contribution is 2.23. The van der Waals surface area contributed by atoms with Crippen LogP contribution < -0.4 is 4.74 Å². The van der Waals surface area contributed by atoms with Gasteiger partial charge in [0, 0.05) is 43.6 Å². The molecule has 0 saturated carbocycles. The molecule has 9 heteroatoms. The largest absolute Gasteiger partial charge is 0.490 e. The van der Waals surface area contributed by atoms with Gasteiger partial charge in [0.05, 0.1) is 10.5 Å². The molecule has 8 nitrogen and oxygen atoms in total. The Morgan fingerprint density at radius 3 is 2.29 bits per heavy atom. The molecule has 1 aliphatic rings. The predicted octanol–water partition coefficient (Wildman–Crippen LogP) is 3.12. The number of nitro groups is 1. The van der Waals surface area contributed by atoms with E-state index in [0.717, 1.165) is 18.2 Å². The van der Waals surface area contributed by atoms with Gasteiger partial charge in [-0.2, -0.15) is 0 Å². The van der Waals surface area contributed by atoms with E-state index in [1.807, 2.05) is 0 Å². The first-order valence-corrected chi connectivity index (χ1v) is 8.58. The Hall–Kier alpha value is -3.49. The van der Waals surface area contributed by atoms with Crippen LogP contribution >= 0.6 is 0 Å². The molecule has 0 radical (unpaired) electrons. The number of benzene rings is 2. The van der Waals surface area contributed by atoms with Crippen LogP contribution in [0.4, 0.5) is 10.1 Å². The minimum absolute atomic E-state index is 0.0375. The summed E-state index contributed by atoms with van der Waals surface area (Å²) in [5.74, 6) is -1.63. The number of rotatable bonds is 5. The summed E-state index contributed by atoms with van der Waals surface area (Å²) in [5, 5.41) is 20.1. The number of piperidine rings is 1. The number of carbonyl (C=O) groups excluding carboxylic acids is 1. The van der Waals surface area contributed by atoms with Crippen molar-refractivity contribution in [2.75, 3.05) is 13.1 Å². The number of carboxylic acids is 1. The summed E-state index contributed by atoms with van der Waals surface area (Å²) in [6.07, 6.45) is 0.919. The van der Waals surface area contributed by atoms with Crippen molar-refractivity contribution in [1.29, 1.82) is 0 Å². The van der Waals surface area contributed by atoms with Gasteiger partial charge in [-0.25, -0.2) is 9.18 Å². The van der Waals surface area contributed by atoms with Crippen molar-refractivity contribution in [3.05, 3.63) is 69.5 Å². The number of hydrogen-bond acceptors (Lipinski definition) is 5. The number of carbonyl (C=O) groups is 2. The molecule has 2 aromatic rings. The van der Waals surface area contributed by atoms with Gasteiger partial charge in [-0.3, -0.25) is 14.9 Å². The Kier molecular flexibility index (Phi) is 5.53. The smallest absolute Gasteiger partial charge is 0.335 e. The highest BCUT2D eigenvalue weighted by molar-refractivity contribution is 5.98. The first-order chi connectivity index (χ1) is 13.3. The van der Waals surface area contributed by atoms with Crippen LogP contribution in [0, 0.1) is 15.9 Å². The summed E-state index contributed by atoms with van der Waals surface area (Å²) in [4.78, 5) is 35.6. The number of ether oxygens (including phenoxy) is 1. The standard InChI is InChI=1S/C19H17FN2O6/c20-14-1-3-16(4-2-14)28-17-5-7-21(8-6-17)18(23)12-9-13(19(24)25)11-15(10-12)22(26)27/h1-4,9-11,17H,5-8H2,(H,24,25). The lowest BCUT2D eigenvalue weighted by atomic mass is 10.0. The van der Waals surface area contributed by atoms with Crippen LogP contribution in [-0.2, 0) is 0 Å². The predicted molar refractivity (Wildman–Crippen MR) is 96.0 cm³/mol. The normalized spacial score (nSPS) is 14.5.